The molecular weight excluding hydrogens is 364 g/mol. The largest absolute Gasteiger partial charge is 0.483 e. The number of hydrazone groups is 1. The summed E-state index contributed by atoms with van der Waals surface area (Å²) in [7, 11) is 0. The Hall–Kier alpha value is -1.37. The average Bonchev–Trinajstić information content (AvgIpc) is 2.91. The zero-order chi connectivity index (χ0) is 14.4. The molecular formula is C13H10BrClN2O2S. The lowest BCUT2D eigenvalue weighted by Gasteiger charge is -2.07. The van der Waals surface area contributed by atoms with E-state index < -0.39 is 0 Å². The molecule has 0 radical (unpaired) electrons. The van der Waals surface area contributed by atoms with Gasteiger partial charge >= 0.3 is 0 Å². The molecule has 0 bridgehead atoms. The molecule has 0 fully saturated rings. The molecule has 4 nitrogen and oxygen atoms in total. The molecule has 0 aliphatic heterocycles. The first-order valence-corrected chi connectivity index (χ1v) is 7.68. The van der Waals surface area contributed by atoms with Gasteiger partial charge in [-0.05, 0) is 51.0 Å². The van der Waals surface area contributed by atoms with E-state index in [4.69, 9.17) is 16.3 Å². The number of rotatable bonds is 5. The van der Waals surface area contributed by atoms with E-state index in [-0.39, 0.29) is 12.5 Å². The molecule has 1 aromatic heterocycles. The smallest absolute Gasteiger partial charge is 0.277 e. The van der Waals surface area contributed by atoms with Crippen LogP contribution in [0.25, 0.3) is 0 Å². The Morgan fingerprint density at radius 2 is 2.35 bits per heavy atom. The van der Waals surface area contributed by atoms with E-state index in [0.29, 0.717) is 15.2 Å². The highest BCUT2D eigenvalue weighted by Crippen LogP contribution is 2.27. The van der Waals surface area contributed by atoms with Crippen LogP contribution in [0.4, 0.5) is 0 Å². The van der Waals surface area contributed by atoms with Crippen molar-refractivity contribution in [1.82, 2.24) is 5.43 Å². The van der Waals surface area contributed by atoms with E-state index in [1.165, 1.54) is 0 Å². The first kappa shape index (κ1) is 15.0. The molecule has 0 aliphatic rings. The van der Waals surface area contributed by atoms with Crippen LogP contribution in [0.5, 0.6) is 5.75 Å². The van der Waals surface area contributed by atoms with Gasteiger partial charge in [0.2, 0.25) is 0 Å². The molecule has 0 saturated heterocycles. The number of amides is 1. The summed E-state index contributed by atoms with van der Waals surface area (Å²) in [6.45, 7) is -0.124. The standard InChI is InChI=1S/C13H10BrClN2O2S/c14-11-5-10(15)1-2-12(11)19-7-13(18)17-16-6-9-3-4-20-8-9/h1-6,8H,7H2,(H,17,18). The lowest BCUT2D eigenvalue weighted by Crippen LogP contribution is -2.24. The number of hydrogen-bond acceptors (Lipinski definition) is 4. The van der Waals surface area contributed by atoms with Crippen LogP contribution in [0.3, 0.4) is 0 Å². The number of nitrogens with one attached hydrogen (secondary N) is 1. The number of carbonyl (C=O) groups excluding carboxylic acids is 1. The number of nitrogens with zero attached hydrogens (tertiary/aromatic N) is 1. The molecule has 1 aromatic carbocycles. The molecule has 7 heteroatoms. The van der Waals surface area contributed by atoms with Gasteiger partial charge in [-0.1, -0.05) is 11.6 Å². The fourth-order valence-electron chi connectivity index (χ4n) is 1.30. The van der Waals surface area contributed by atoms with Crippen LogP contribution in [-0.2, 0) is 4.79 Å². The molecule has 0 spiro atoms. The van der Waals surface area contributed by atoms with E-state index in [0.717, 1.165) is 5.56 Å². The topological polar surface area (TPSA) is 50.7 Å². The second-order valence-corrected chi connectivity index (χ2v) is 5.78. The van der Waals surface area contributed by atoms with Crippen LogP contribution in [0, 0.1) is 0 Å². The van der Waals surface area contributed by atoms with Crippen molar-refractivity contribution < 1.29 is 9.53 Å². The summed E-state index contributed by atoms with van der Waals surface area (Å²) >= 11 is 10.7. The third-order valence-electron chi connectivity index (χ3n) is 2.20. The SMILES string of the molecule is O=C(COc1ccc(Cl)cc1Br)NN=Cc1ccsc1. The van der Waals surface area contributed by atoms with E-state index in [9.17, 15) is 4.79 Å². The Bertz CT molecular complexity index is 617. The van der Waals surface area contributed by atoms with Crippen molar-refractivity contribution in [3.05, 3.63) is 50.1 Å². The fourth-order valence-corrected chi connectivity index (χ4v) is 2.70. The van der Waals surface area contributed by atoms with Crippen LogP contribution in [0.1, 0.15) is 5.56 Å². The number of ether oxygens (including phenoxy) is 1. The Balaban J connectivity index is 1.80. The fraction of sp³-hybridized carbons (Fsp3) is 0.0769. The minimum absolute atomic E-state index is 0.124. The second-order valence-electron chi connectivity index (χ2n) is 3.71. The van der Waals surface area contributed by atoms with Gasteiger partial charge in [0.15, 0.2) is 6.61 Å². The summed E-state index contributed by atoms with van der Waals surface area (Å²) in [5.74, 6) is 0.213. The zero-order valence-electron chi connectivity index (χ0n) is 10.2. The quantitative estimate of drug-likeness (QED) is 0.642. The lowest BCUT2D eigenvalue weighted by atomic mass is 10.3. The maximum absolute atomic E-state index is 11.5. The normalized spacial score (nSPS) is 10.7. The molecule has 104 valence electrons. The predicted octanol–water partition coefficient (Wildman–Crippen LogP) is 3.69. The highest BCUT2D eigenvalue weighted by molar-refractivity contribution is 9.10. The van der Waals surface area contributed by atoms with Gasteiger partial charge < -0.3 is 4.74 Å². The van der Waals surface area contributed by atoms with Crippen LogP contribution in [-0.4, -0.2) is 18.7 Å². The van der Waals surface area contributed by atoms with E-state index >= 15 is 0 Å². The van der Waals surface area contributed by atoms with Crippen molar-refractivity contribution in [2.45, 2.75) is 0 Å². The summed E-state index contributed by atoms with van der Waals surface area (Å²) in [6, 6.07) is 6.98. The van der Waals surface area contributed by atoms with Crippen molar-refractivity contribution >= 4 is 51.0 Å². The minimum Gasteiger partial charge on any atom is -0.483 e. The summed E-state index contributed by atoms with van der Waals surface area (Å²) in [5.41, 5.74) is 3.33. The molecule has 0 atom stereocenters. The number of benzene rings is 1. The maximum Gasteiger partial charge on any atom is 0.277 e. The molecule has 20 heavy (non-hydrogen) atoms. The molecule has 1 heterocycles. The first-order valence-electron chi connectivity index (χ1n) is 5.57. The van der Waals surface area contributed by atoms with Crippen LogP contribution < -0.4 is 10.2 Å². The predicted molar refractivity (Wildman–Crippen MR) is 84.7 cm³/mol. The highest BCUT2D eigenvalue weighted by Gasteiger charge is 2.05. The van der Waals surface area contributed by atoms with Gasteiger partial charge in [-0.3, -0.25) is 4.79 Å². The Morgan fingerprint density at radius 3 is 3.05 bits per heavy atom. The van der Waals surface area contributed by atoms with Crippen LogP contribution >= 0.6 is 38.9 Å². The third-order valence-corrected chi connectivity index (χ3v) is 3.76. The molecule has 0 aliphatic carbocycles. The molecule has 1 amide bonds. The number of hydrogen-bond donors (Lipinski definition) is 1. The van der Waals surface area contributed by atoms with Crippen molar-refractivity contribution in [2.24, 2.45) is 5.10 Å². The summed E-state index contributed by atoms with van der Waals surface area (Å²) in [4.78, 5) is 11.5. The van der Waals surface area contributed by atoms with Gasteiger partial charge in [0, 0.05) is 10.6 Å². The van der Waals surface area contributed by atoms with Crippen molar-refractivity contribution in [1.29, 1.82) is 0 Å². The zero-order valence-corrected chi connectivity index (χ0v) is 13.3. The van der Waals surface area contributed by atoms with Gasteiger partial charge in [0.05, 0.1) is 10.7 Å². The van der Waals surface area contributed by atoms with Crippen molar-refractivity contribution in [3.63, 3.8) is 0 Å². The Labute approximate surface area is 133 Å². The minimum atomic E-state index is -0.335. The molecule has 2 rings (SSSR count). The van der Waals surface area contributed by atoms with Crippen LogP contribution in [0.15, 0.2) is 44.6 Å². The van der Waals surface area contributed by atoms with E-state index in [2.05, 4.69) is 26.5 Å². The number of thiophene rings is 1. The van der Waals surface area contributed by atoms with Gasteiger partial charge in [-0.15, -0.1) is 0 Å². The molecule has 1 N–H and O–H groups in total. The Kier molecular flexibility index (Phi) is 5.58. The summed E-state index contributed by atoms with van der Waals surface area (Å²) in [6.07, 6.45) is 1.58. The average molecular weight is 374 g/mol. The van der Waals surface area contributed by atoms with Crippen molar-refractivity contribution in [2.75, 3.05) is 6.61 Å². The van der Waals surface area contributed by atoms with Gasteiger partial charge in [-0.2, -0.15) is 16.4 Å². The first-order chi connectivity index (χ1) is 9.65. The maximum atomic E-state index is 11.5. The molecule has 0 saturated carbocycles. The number of carbonyl (C=O) groups is 1. The van der Waals surface area contributed by atoms with Crippen LogP contribution in [0.2, 0.25) is 5.02 Å². The van der Waals surface area contributed by atoms with E-state index in [1.54, 1.807) is 35.8 Å². The lowest BCUT2D eigenvalue weighted by molar-refractivity contribution is -0.123. The monoisotopic (exact) mass is 372 g/mol. The van der Waals surface area contributed by atoms with Gasteiger partial charge in [0.1, 0.15) is 5.75 Å². The number of halogens is 2. The van der Waals surface area contributed by atoms with Crippen molar-refractivity contribution in [3.8, 4) is 5.75 Å². The molecule has 0 unspecified atom stereocenters. The van der Waals surface area contributed by atoms with Gasteiger partial charge in [0.25, 0.3) is 5.91 Å². The Morgan fingerprint density at radius 1 is 1.50 bits per heavy atom. The van der Waals surface area contributed by atoms with Gasteiger partial charge in [-0.25, -0.2) is 5.43 Å². The van der Waals surface area contributed by atoms with E-state index in [1.807, 2.05) is 16.8 Å². The second kappa shape index (κ2) is 7.42. The molecule has 2 aromatic rings. The highest BCUT2D eigenvalue weighted by atomic mass is 79.9. The summed E-state index contributed by atoms with van der Waals surface area (Å²) in [5, 5.41) is 8.29. The summed E-state index contributed by atoms with van der Waals surface area (Å²) < 4.78 is 6.05. The third kappa shape index (κ3) is 4.63.